The first-order chi connectivity index (χ1) is 8.16. The Hall–Kier alpha value is -0.0400. The summed E-state index contributed by atoms with van der Waals surface area (Å²) in [4.78, 5) is 9.55. The van der Waals surface area contributed by atoms with Crippen molar-refractivity contribution in [2.45, 2.75) is 10.6 Å². The van der Waals surface area contributed by atoms with E-state index in [4.69, 9.17) is 23.2 Å². The van der Waals surface area contributed by atoms with Crippen LogP contribution in [0.3, 0.4) is 0 Å². The predicted molar refractivity (Wildman–Crippen MR) is 80.8 cm³/mol. The largest absolute Gasteiger partial charge is 0.219 e. The lowest BCUT2D eigenvalue weighted by atomic mass is 10.4. The minimum atomic E-state index is 0.411. The maximum absolute atomic E-state index is 5.95. The molecule has 0 spiro atoms. The monoisotopic (exact) mass is 396 g/mol. The summed E-state index contributed by atoms with van der Waals surface area (Å²) < 4.78 is 0.694. The fraction of sp³-hybridized carbons (Fsp3) is 0.0909. The molecule has 0 aliphatic carbocycles. The lowest BCUT2D eigenvalue weighted by Gasteiger charge is -2.03. The normalized spacial score (nSPS) is 10.5. The molecular formula is C11H7Cl2IN2S. The van der Waals surface area contributed by atoms with Gasteiger partial charge in [0.1, 0.15) is 16.1 Å². The van der Waals surface area contributed by atoms with Crippen LogP contribution in [0.25, 0.3) is 0 Å². The second kappa shape index (κ2) is 6.22. The highest BCUT2D eigenvalue weighted by molar-refractivity contribution is 14.1. The molecule has 2 rings (SSSR count). The summed E-state index contributed by atoms with van der Waals surface area (Å²) in [5, 5.41) is 0.823. The molecule has 0 saturated heterocycles. The van der Waals surface area contributed by atoms with Crippen LogP contribution in [0.2, 0.25) is 10.3 Å². The van der Waals surface area contributed by atoms with Crippen molar-refractivity contribution in [2.24, 2.45) is 0 Å². The fourth-order valence-corrected chi connectivity index (χ4v) is 2.60. The van der Waals surface area contributed by atoms with Gasteiger partial charge in [0.15, 0.2) is 0 Å². The topological polar surface area (TPSA) is 25.8 Å². The Bertz CT molecular complexity index is 499. The van der Waals surface area contributed by atoms with Crippen molar-refractivity contribution in [2.75, 3.05) is 0 Å². The molecule has 17 heavy (non-hydrogen) atoms. The summed E-state index contributed by atoms with van der Waals surface area (Å²) in [7, 11) is 0. The van der Waals surface area contributed by atoms with E-state index in [1.54, 1.807) is 11.8 Å². The van der Waals surface area contributed by atoms with Gasteiger partial charge in [-0.1, -0.05) is 41.4 Å². The molecule has 0 fully saturated rings. The van der Waals surface area contributed by atoms with Gasteiger partial charge in [0.05, 0.1) is 9.32 Å². The number of thioether (sulfide) groups is 1. The van der Waals surface area contributed by atoms with Crippen LogP contribution in [-0.4, -0.2) is 9.97 Å². The van der Waals surface area contributed by atoms with Crippen molar-refractivity contribution in [1.82, 2.24) is 9.97 Å². The van der Waals surface area contributed by atoms with Gasteiger partial charge in [0.2, 0.25) is 0 Å². The van der Waals surface area contributed by atoms with E-state index >= 15 is 0 Å². The number of nitrogens with zero attached hydrogens (tertiary/aromatic N) is 2. The molecule has 88 valence electrons. The van der Waals surface area contributed by atoms with Gasteiger partial charge in [-0.3, -0.25) is 0 Å². The standard InChI is InChI=1S/C11H7Cl2IN2S/c12-10-9(14)11(13)16-8(15-10)6-17-7-4-2-1-3-5-7/h1-5H,6H2. The van der Waals surface area contributed by atoms with Crippen LogP contribution >= 0.6 is 57.6 Å². The van der Waals surface area contributed by atoms with Crippen LogP contribution in [0.15, 0.2) is 35.2 Å². The molecule has 0 amide bonds. The van der Waals surface area contributed by atoms with Crippen LogP contribution < -0.4 is 0 Å². The maximum atomic E-state index is 5.95. The van der Waals surface area contributed by atoms with E-state index in [1.807, 2.05) is 52.9 Å². The summed E-state index contributed by atoms with van der Waals surface area (Å²) >= 11 is 15.6. The van der Waals surface area contributed by atoms with Gasteiger partial charge in [-0.05, 0) is 34.7 Å². The quantitative estimate of drug-likeness (QED) is 0.428. The number of benzene rings is 1. The molecule has 0 atom stereocenters. The minimum Gasteiger partial charge on any atom is -0.219 e. The molecule has 0 aliphatic rings. The molecule has 0 bridgehead atoms. The third kappa shape index (κ3) is 3.71. The van der Waals surface area contributed by atoms with E-state index in [2.05, 4.69) is 9.97 Å². The average Bonchev–Trinajstić information content (AvgIpc) is 2.34. The average molecular weight is 397 g/mol. The Morgan fingerprint density at radius 1 is 1.06 bits per heavy atom. The smallest absolute Gasteiger partial charge is 0.147 e. The number of hydrogen-bond acceptors (Lipinski definition) is 3. The molecule has 6 heteroatoms. The predicted octanol–water partition coefficient (Wildman–Crippen LogP) is 4.68. The zero-order valence-electron chi connectivity index (χ0n) is 8.53. The molecule has 0 saturated carbocycles. The molecule has 2 aromatic rings. The van der Waals surface area contributed by atoms with E-state index in [0.29, 0.717) is 25.5 Å². The van der Waals surface area contributed by atoms with E-state index in [1.165, 1.54) is 4.90 Å². The van der Waals surface area contributed by atoms with Crippen molar-refractivity contribution in [3.05, 3.63) is 50.0 Å². The summed E-state index contributed by atoms with van der Waals surface area (Å²) in [5.74, 6) is 1.30. The first-order valence-corrected chi connectivity index (χ1v) is 7.54. The Labute approximate surface area is 127 Å². The molecule has 0 unspecified atom stereocenters. The molecule has 0 aliphatic heterocycles. The molecular weight excluding hydrogens is 390 g/mol. The van der Waals surface area contributed by atoms with Crippen molar-refractivity contribution in [1.29, 1.82) is 0 Å². The van der Waals surface area contributed by atoms with Gasteiger partial charge in [-0.2, -0.15) is 0 Å². The van der Waals surface area contributed by atoms with Gasteiger partial charge in [0, 0.05) is 4.90 Å². The third-order valence-corrected chi connectivity index (χ3v) is 5.14. The Balaban J connectivity index is 2.10. The zero-order chi connectivity index (χ0) is 12.3. The Morgan fingerprint density at radius 2 is 1.65 bits per heavy atom. The van der Waals surface area contributed by atoms with Gasteiger partial charge >= 0.3 is 0 Å². The van der Waals surface area contributed by atoms with E-state index in [9.17, 15) is 0 Å². The van der Waals surface area contributed by atoms with E-state index in [0.717, 1.165) is 0 Å². The van der Waals surface area contributed by atoms with E-state index < -0.39 is 0 Å². The number of rotatable bonds is 3. The minimum absolute atomic E-state index is 0.411. The fourth-order valence-electron chi connectivity index (χ4n) is 1.16. The van der Waals surface area contributed by atoms with Crippen LogP contribution in [-0.2, 0) is 5.75 Å². The second-order valence-corrected chi connectivity index (χ2v) is 5.98. The van der Waals surface area contributed by atoms with Crippen molar-refractivity contribution < 1.29 is 0 Å². The van der Waals surface area contributed by atoms with Crippen LogP contribution in [0.1, 0.15) is 5.82 Å². The number of halogens is 3. The van der Waals surface area contributed by atoms with Crippen molar-refractivity contribution in [3.8, 4) is 0 Å². The van der Waals surface area contributed by atoms with Crippen LogP contribution in [0.5, 0.6) is 0 Å². The third-order valence-electron chi connectivity index (χ3n) is 1.93. The Morgan fingerprint density at radius 3 is 2.24 bits per heavy atom. The van der Waals surface area contributed by atoms with Gasteiger partial charge in [0.25, 0.3) is 0 Å². The molecule has 0 radical (unpaired) electrons. The first kappa shape index (κ1) is 13.4. The molecule has 1 heterocycles. The lowest BCUT2D eigenvalue weighted by Crippen LogP contribution is -1.96. The molecule has 1 aromatic carbocycles. The van der Waals surface area contributed by atoms with Gasteiger partial charge in [-0.15, -0.1) is 11.8 Å². The summed E-state index contributed by atoms with van der Waals surface area (Å²) in [6.45, 7) is 0. The Kier molecular flexibility index (Phi) is 4.90. The summed E-state index contributed by atoms with van der Waals surface area (Å²) in [6.07, 6.45) is 0. The highest BCUT2D eigenvalue weighted by atomic mass is 127. The number of aromatic nitrogens is 2. The summed E-state index contributed by atoms with van der Waals surface area (Å²) in [5.41, 5.74) is 0. The molecule has 0 N–H and O–H groups in total. The van der Waals surface area contributed by atoms with Crippen molar-refractivity contribution in [3.63, 3.8) is 0 Å². The van der Waals surface area contributed by atoms with Gasteiger partial charge in [-0.25, -0.2) is 9.97 Å². The van der Waals surface area contributed by atoms with E-state index in [-0.39, 0.29) is 0 Å². The number of hydrogen-bond donors (Lipinski definition) is 0. The molecule has 1 aromatic heterocycles. The molecule has 2 nitrogen and oxygen atoms in total. The second-order valence-electron chi connectivity index (χ2n) is 3.14. The lowest BCUT2D eigenvalue weighted by molar-refractivity contribution is 1.02. The van der Waals surface area contributed by atoms with Crippen molar-refractivity contribution >= 4 is 57.6 Å². The first-order valence-electron chi connectivity index (χ1n) is 4.72. The zero-order valence-corrected chi connectivity index (χ0v) is 13.0. The van der Waals surface area contributed by atoms with Gasteiger partial charge < -0.3 is 0 Å². The summed E-state index contributed by atoms with van der Waals surface area (Å²) in [6, 6.07) is 10.1. The SMILES string of the molecule is Clc1nc(CSc2ccccc2)nc(Cl)c1I. The highest BCUT2D eigenvalue weighted by Gasteiger charge is 2.08. The maximum Gasteiger partial charge on any atom is 0.147 e. The van der Waals surface area contributed by atoms with Crippen LogP contribution in [0, 0.1) is 3.57 Å². The highest BCUT2D eigenvalue weighted by Crippen LogP contribution is 2.26. The van der Waals surface area contributed by atoms with Crippen LogP contribution in [0.4, 0.5) is 0 Å².